The summed E-state index contributed by atoms with van der Waals surface area (Å²) in [4.78, 5) is 0.345. The molecule has 0 aromatic carbocycles. The molecule has 0 amide bonds. The molecule has 0 unspecified atom stereocenters. The third-order valence-electron chi connectivity index (χ3n) is 3.83. The van der Waals surface area contributed by atoms with Crippen molar-refractivity contribution in [1.29, 1.82) is 0 Å². The predicted molar refractivity (Wildman–Crippen MR) is 85.8 cm³/mol. The normalized spacial score (nSPS) is 12.2. The van der Waals surface area contributed by atoms with E-state index in [9.17, 15) is 8.42 Å². The van der Waals surface area contributed by atoms with E-state index in [-0.39, 0.29) is 0 Å². The maximum atomic E-state index is 12.8. The molecule has 0 fully saturated rings. The van der Waals surface area contributed by atoms with Crippen LogP contribution in [0.3, 0.4) is 0 Å². The molecule has 0 aliphatic rings. The SMILES string of the molecule is CCCCCN(CCCCC)S(=O)(=O)c1cnn(C)c1C. The van der Waals surface area contributed by atoms with Crippen LogP contribution < -0.4 is 0 Å². The first-order valence-corrected chi connectivity index (χ1v) is 9.37. The van der Waals surface area contributed by atoms with Gasteiger partial charge in [-0.3, -0.25) is 4.68 Å². The van der Waals surface area contributed by atoms with Crippen molar-refractivity contribution in [1.82, 2.24) is 14.1 Å². The Balaban J connectivity index is 2.90. The van der Waals surface area contributed by atoms with E-state index in [0.29, 0.717) is 23.7 Å². The van der Waals surface area contributed by atoms with Crippen LogP contribution in [0.1, 0.15) is 58.1 Å². The summed E-state index contributed by atoms with van der Waals surface area (Å²) in [5, 5.41) is 4.07. The van der Waals surface area contributed by atoms with Gasteiger partial charge >= 0.3 is 0 Å². The fourth-order valence-corrected chi connectivity index (χ4v) is 4.00. The minimum atomic E-state index is -3.42. The highest BCUT2D eigenvalue weighted by Crippen LogP contribution is 2.20. The number of unbranched alkanes of at least 4 members (excludes halogenated alkanes) is 4. The zero-order chi connectivity index (χ0) is 15.9. The van der Waals surface area contributed by atoms with Crippen molar-refractivity contribution in [2.45, 2.75) is 64.2 Å². The zero-order valence-electron chi connectivity index (χ0n) is 13.8. The highest BCUT2D eigenvalue weighted by atomic mass is 32.2. The fourth-order valence-electron chi connectivity index (χ4n) is 2.30. The van der Waals surface area contributed by atoms with Gasteiger partial charge in [0.1, 0.15) is 4.90 Å². The van der Waals surface area contributed by atoms with Gasteiger partial charge in [0.15, 0.2) is 0 Å². The summed E-state index contributed by atoms with van der Waals surface area (Å²) >= 11 is 0. The molecular formula is C15H29N3O2S. The Morgan fingerprint density at radius 2 is 1.62 bits per heavy atom. The number of hydrogen-bond donors (Lipinski definition) is 0. The summed E-state index contributed by atoms with van der Waals surface area (Å²) in [6.45, 7) is 7.26. The van der Waals surface area contributed by atoms with Crippen LogP contribution in [-0.2, 0) is 17.1 Å². The molecule has 21 heavy (non-hydrogen) atoms. The van der Waals surface area contributed by atoms with Crippen LogP contribution >= 0.6 is 0 Å². The van der Waals surface area contributed by atoms with Crippen LogP contribution in [0.15, 0.2) is 11.1 Å². The van der Waals surface area contributed by atoms with Crippen LogP contribution in [0, 0.1) is 6.92 Å². The largest absolute Gasteiger partial charge is 0.272 e. The van der Waals surface area contributed by atoms with Gasteiger partial charge in [0.2, 0.25) is 10.0 Å². The Hall–Kier alpha value is -0.880. The summed E-state index contributed by atoms with van der Waals surface area (Å²) in [7, 11) is -1.65. The van der Waals surface area contributed by atoms with Crippen molar-refractivity contribution >= 4 is 10.0 Å². The minimum Gasteiger partial charge on any atom is -0.272 e. The Kier molecular flexibility index (Phi) is 7.39. The van der Waals surface area contributed by atoms with Crippen LogP contribution in [0.25, 0.3) is 0 Å². The molecule has 0 saturated carbocycles. The molecule has 1 heterocycles. The van der Waals surface area contributed by atoms with Crippen molar-refractivity contribution in [3.8, 4) is 0 Å². The van der Waals surface area contributed by atoms with Gasteiger partial charge in [-0.1, -0.05) is 39.5 Å². The van der Waals surface area contributed by atoms with Gasteiger partial charge in [0.25, 0.3) is 0 Å². The number of sulfonamides is 1. The van der Waals surface area contributed by atoms with E-state index >= 15 is 0 Å². The van der Waals surface area contributed by atoms with E-state index in [1.165, 1.54) is 6.20 Å². The van der Waals surface area contributed by atoms with Gasteiger partial charge in [-0.25, -0.2) is 8.42 Å². The third kappa shape index (κ3) is 4.81. The molecule has 0 bridgehead atoms. The maximum absolute atomic E-state index is 12.8. The number of aryl methyl sites for hydroxylation is 1. The van der Waals surface area contributed by atoms with Crippen LogP contribution in [0.5, 0.6) is 0 Å². The first-order chi connectivity index (χ1) is 9.95. The molecule has 6 heteroatoms. The maximum Gasteiger partial charge on any atom is 0.246 e. The summed E-state index contributed by atoms with van der Waals surface area (Å²) in [6, 6.07) is 0. The molecule has 0 spiro atoms. The molecule has 0 saturated heterocycles. The predicted octanol–water partition coefficient (Wildman–Crippen LogP) is 3.10. The van der Waals surface area contributed by atoms with E-state index in [2.05, 4.69) is 18.9 Å². The van der Waals surface area contributed by atoms with Gasteiger partial charge < -0.3 is 0 Å². The van der Waals surface area contributed by atoms with Gasteiger partial charge in [0.05, 0.1) is 11.9 Å². The van der Waals surface area contributed by atoms with E-state index in [1.54, 1.807) is 23.0 Å². The van der Waals surface area contributed by atoms with Gasteiger partial charge in [-0.2, -0.15) is 9.40 Å². The Bertz CT molecular complexity index is 513. The number of rotatable bonds is 10. The number of hydrogen-bond acceptors (Lipinski definition) is 3. The van der Waals surface area contributed by atoms with E-state index < -0.39 is 10.0 Å². The average molecular weight is 315 g/mol. The lowest BCUT2D eigenvalue weighted by molar-refractivity contribution is 0.388. The monoisotopic (exact) mass is 315 g/mol. The molecule has 0 N–H and O–H groups in total. The molecule has 0 aliphatic heterocycles. The summed E-state index contributed by atoms with van der Waals surface area (Å²) in [6.07, 6.45) is 7.61. The van der Waals surface area contributed by atoms with Crippen molar-refractivity contribution in [2.24, 2.45) is 7.05 Å². The second-order valence-electron chi connectivity index (χ2n) is 5.54. The topological polar surface area (TPSA) is 55.2 Å². The quantitative estimate of drug-likeness (QED) is 0.623. The second kappa shape index (κ2) is 8.54. The summed E-state index contributed by atoms with van der Waals surface area (Å²) in [5.41, 5.74) is 0.700. The highest BCUT2D eigenvalue weighted by Gasteiger charge is 2.27. The lowest BCUT2D eigenvalue weighted by Gasteiger charge is -2.22. The second-order valence-corrected chi connectivity index (χ2v) is 7.44. The first kappa shape index (κ1) is 18.2. The Morgan fingerprint density at radius 3 is 2.00 bits per heavy atom. The van der Waals surface area contributed by atoms with Crippen LogP contribution in [0.2, 0.25) is 0 Å². The molecule has 0 aliphatic carbocycles. The lowest BCUT2D eigenvalue weighted by atomic mass is 10.2. The van der Waals surface area contributed by atoms with Crippen molar-refractivity contribution < 1.29 is 8.42 Å². The lowest BCUT2D eigenvalue weighted by Crippen LogP contribution is -2.33. The molecule has 1 aromatic rings. The Morgan fingerprint density at radius 1 is 1.10 bits per heavy atom. The molecular weight excluding hydrogens is 286 g/mol. The molecule has 0 atom stereocenters. The Labute approximate surface area is 129 Å². The van der Waals surface area contributed by atoms with Crippen LogP contribution in [0.4, 0.5) is 0 Å². The smallest absolute Gasteiger partial charge is 0.246 e. The van der Waals surface area contributed by atoms with Crippen molar-refractivity contribution in [3.05, 3.63) is 11.9 Å². The fraction of sp³-hybridized carbons (Fsp3) is 0.800. The zero-order valence-corrected chi connectivity index (χ0v) is 14.6. The average Bonchev–Trinajstić information content (AvgIpc) is 2.78. The van der Waals surface area contributed by atoms with E-state index in [1.807, 2.05) is 0 Å². The summed E-state index contributed by atoms with van der Waals surface area (Å²) in [5.74, 6) is 0. The summed E-state index contributed by atoms with van der Waals surface area (Å²) < 4.78 is 28.9. The van der Waals surface area contributed by atoms with Crippen LogP contribution in [-0.4, -0.2) is 35.6 Å². The van der Waals surface area contributed by atoms with E-state index in [4.69, 9.17) is 0 Å². The van der Waals surface area contributed by atoms with Gasteiger partial charge in [-0.05, 0) is 19.8 Å². The van der Waals surface area contributed by atoms with Gasteiger partial charge in [0, 0.05) is 20.1 Å². The molecule has 1 rings (SSSR count). The molecule has 0 radical (unpaired) electrons. The molecule has 122 valence electrons. The standard InChI is InChI=1S/C15H29N3O2S/c1-5-7-9-11-18(12-10-8-6-2)21(19,20)15-13-16-17(4)14(15)3/h13H,5-12H2,1-4H3. The molecule has 1 aromatic heterocycles. The highest BCUT2D eigenvalue weighted by molar-refractivity contribution is 7.89. The minimum absolute atomic E-state index is 0.345. The van der Waals surface area contributed by atoms with Crippen molar-refractivity contribution in [2.75, 3.05) is 13.1 Å². The first-order valence-electron chi connectivity index (χ1n) is 7.93. The molecule has 5 nitrogen and oxygen atoms in total. The van der Waals surface area contributed by atoms with E-state index in [0.717, 1.165) is 38.5 Å². The van der Waals surface area contributed by atoms with Gasteiger partial charge in [-0.15, -0.1) is 0 Å². The number of aromatic nitrogens is 2. The van der Waals surface area contributed by atoms with Crippen molar-refractivity contribution in [3.63, 3.8) is 0 Å². The number of nitrogens with zero attached hydrogens (tertiary/aromatic N) is 3. The third-order valence-corrected chi connectivity index (χ3v) is 5.83.